The predicted molar refractivity (Wildman–Crippen MR) is 77.8 cm³/mol. The second kappa shape index (κ2) is 11.2. The van der Waals surface area contributed by atoms with E-state index in [0.29, 0.717) is 13.3 Å². The molecule has 0 heterocycles. The van der Waals surface area contributed by atoms with Gasteiger partial charge >= 0.3 is 5.97 Å². The summed E-state index contributed by atoms with van der Waals surface area (Å²) in [6.45, 7) is 6.43. The second-order valence-corrected chi connectivity index (χ2v) is 5.80. The Kier molecular flexibility index (Phi) is 10.9. The lowest BCUT2D eigenvalue weighted by Crippen LogP contribution is -2.44. The molecule has 4 heteroatoms. The Morgan fingerprint density at radius 2 is 1.63 bits per heavy atom. The minimum absolute atomic E-state index is 0.215. The van der Waals surface area contributed by atoms with E-state index in [1.807, 2.05) is 0 Å². The molecule has 0 unspecified atom stereocenters. The van der Waals surface area contributed by atoms with Crippen molar-refractivity contribution in [1.29, 1.82) is 0 Å². The number of rotatable bonds is 12. The fraction of sp³-hybridized carbons (Fsp3) is 0.933. The highest BCUT2D eigenvalue weighted by Crippen LogP contribution is 2.05. The number of quaternary nitrogens is 1. The number of hydrogen-bond acceptors (Lipinski definition) is 3. The minimum atomic E-state index is -0.215. The van der Waals surface area contributed by atoms with Crippen LogP contribution in [-0.4, -0.2) is 51.0 Å². The highest BCUT2D eigenvalue weighted by Gasteiger charge is 2.15. The van der Waals surface area contributed by atoms with Gasteiger partial charge in [-0.1, -0.05) is 39.0 Å². The van der Waals surface area contributed by atoms with E-state index in [2.05, 4.69) is 21.0 Å². The van der Waals surface area contributed by atoms with Gasteiger partial charge in [-0.15, -0.1) is 0 Å². The van der Waals surface area contributed by atoms with Gasteiger partial charge in [0, 0.05) is 6.92 Å². The third-order valence-corrected chi connectivity index (χ3v) is 3.08. The minimum Gasteiger partial charge on any atom is -0.460 e. The third-order valence-electron chi connectivity index (χ3n) is 3.08. The average Bonchev–Trinajstić information content (AvgIpc) is 2.31. The summed E-state index contributed by atoms with van der Waals surface area (Å²) in [5.74, 6) is -0.215. The van der Waals surface area contributed by atoms with Crippen LogP contribution in [0.25, 0.3) is 0 Å². The fourth-order valence-electron chi connectivity index (χ4n) is 1.80. The molecule has 0 bridgehead atoms. The Bertz CT molecular complexity index is 229. The molecule has 0 aromatic rings. The molecule has 0 saturated carbocycles. The Hall–Kier alpha value is -0.610. The van der Waals surface area contributed by atoms with Gasteiger partial charge < -0.3 is 14.0 Å². The van der Waals surface area contributed by atoms with Gasteiger partial charge in [-0.25, -0.2) is 0 Å². The summed E-state index contributed by atoms with van der Waals surface area (Å²) in [6, 6.07) is 0. The molecular formula is C15H32NO3+. The Morgan fingerprint density at radius 1 is 1.00 bits per heavy atom. The Morgan fingerprint density at radius 3 is 2.26 bits per heavy atom. The van der Waals surface area contributed by atoms with Gasteiger partial charge in [0.1, 0.15) is 13.2 Å². The first-order valence-corrected chi connectivity index (χ1v) is 7.51. The molecule has 0 rings (SSSR count). The first-order chi connectivity index (χ1) is 8.98. The predicted octanol–water partition coefficient (Wildman–Crippen LogP) is 2.96. The largest absolute Gasteiger partial charge is 0.460 e. The van der Waals surface area contributed by atoms with Crippen molar-refractivity contribution in [3.63, 3.8) is 0 Å². The number of likely N-dealkylation sites (N-methyl/N-ethyl adjacent to an activating group) is 1. The van der Waals surface area contributed by atoms with Crippen LogP contribution in [0.2, 0.25) is 0 Å². The lowest BCUT2D eigenvalue weighted by Gasteiger charge is -2.28. The third kappa shape index (κ3) is 13.6. The van der Waals surface area contributed by atoms with Crippen LogP contribution in [-0.2, 0) is 14.3 Å². The zero-order valence-electron chi connectivity index (χ0n) is 13.2. The van der Waals surface area contributed by atoms with Crippen LogP contribution in [0.5, 0.6) is 0 Å². The van der Waals surface area contributed by atoms with Crippen LogP contribution in [0.4, 0.5) is 0 Å². The van der Waals surface area contributed by atoms with Crippen molar-refractivity contribution in [1.82, 2.24) is 0 Å². The summed E-state index contributed by atoms with van der Waals surface area (Å²) < 4.78 is 11.4. The van der Waals surface area contributed by atoms with Crippen molar-refractivity contribution in [2.45, 2.75) is 52.4 Å². The van der Waals surface area contributed by atoms with Crippen molar-refractivity contribution >= 4 is 5.97 Å². The monoisotopic (exact) mass is 274 g/mol. The molecule has 0 amide bonds. The van der Waals surface area contributed by atoms with E-state index in [-0.39, 0.29) is 5.97 Å². The smallest absolute Gasteiger partial charge is 0.302 e. The maximum Gasteiger partial charge on any atom is 0.302 e. The van der Waals surface area contributed by atoms with Gasteiger partial charge in [0.25, 0.3) is 0 Å². The summed E-state index contributed by atoms with van der Waals surface area (Å²) in [5, 5.41) is 0. The molecular weight excluding hydrogens is 242 g/mol. The van der Waals surface area contributed by atoms with Crippen molar-refractivity contribution in [2.24, 2.45) is 0 Å². The van der Waals surface area contributed by atoms with Crippen LogP contribution in [0.3, 0.4) is 0 Å². The van der Waals surface area contributed by atoms with Gasteiger partial charge in [-0.3, -0.25) is 4.79 Å². The molecule has 0 aliphatic heterocycles. The molecule has 19 heavy (non-hydrogen) atoms. The molecule has 4 nitrogen and oxygen atoms in total. The molecule has 0 radical (unpaired) electrons. The Labute approximate surface area is 118 Å². The average molecular weight is 274 g/mol. The van der Waals surface area contributed by atoms with Gasteiger partial charge in [0.2, 0.25) is 0 Å². The highest BCUT2D eigenvalue weighted by atomic mass is 16.5. The quantitative estimate of drug-likeness (QED) is 0.237. The van der Waals surface area contributed by atoms with Crippen LogP contribution in [0.15, 0.2) is 0 Å². The van der Waals surface area contributed by atoms with E-state index < -0.39 is 0 Å². The molecule has 0 fully saturated rings. The van der Waals surface area contributed by atoms with Gasteiger partial charge in [-0.05, 0) is 6.42 Å². The van der Waals surface area contributed by atoms with E-state index in [9.17, 15) is 4.79 Å². The molecule has 0 saturated heterocycles. The number of carbonyl (C=O) groups excluding carboxylic acids is 1. The maximum absolute atomic E-state index is 10.7. The number of hydrogen-bond donors (Lipinski definition) is 0. The summed E-state index contributed by atoms with van der Waals surface area (Å²) >= 11 is 0. The van der Waals surface area contributed by atoms with Crippen molar-refractivity contribution in [3.05, 3.63) is 0 Å². The number of ether oxygens (including phenoxy) is 2. The number of esters is 1. The topological polar surface area (TPSA) is 35.5 Å². The first-order valence-electron chi connectivity index (χ1n) is 7.51. The zero-order valence-corrected chi connectivity index (χ0v) is 13.2. The fourth-order valence-corrected chi connectivity index (χ4v) is 1.80. The lowest BCUT2D eigenvalue weighted by atomic mass is 10.1. The van der Waals surface area contributed by atoms with Crippen molar-refractivity contribution in [2.75, 3.05) is 40.6 Å². The Balaban J connectivity index is 3.39. The second-order valence-electron chi connectivity index (χ2n) is 5.80. The highest BCUT2D eigenvalue weighted by molar-refractivity contribution is 5.65. The van der Waals surface area contributed by atoms with Gasteiger partial charge in [-0.2, -0.15) is 0 Å². The van der Waals surface area contributed by atoms with Crippen molar-refractivity contribution < 1.29 is 18.8 Å². The van der Waals surface area contributed by atoms with Gasteiger partial charge in [0.15, 0.2) is 6.73 Å². The number of nitrogens with zero attached hydrogens (tertiary/aromatic N) is 1. The molecule has 0 N–H and O–H groups in total. The summed E-state index contributed by atoms with van der Waals surface area (Å²) in [5.41, 5.74) is 0. The van der Waals surface area contributed by atoms with E-state index in [0.717, 1.165) is 24.1 Å². The van der Waals surface area contributed by atoms with Crippen LogP contribution >= 0.6 is 0 Å². The van der Waals surface area contributed by atoms with E-state index in [1.165, 1.54) is 39.0 Å². The van der Waals surface area contributed by atoms with E-state index in [4.69, 9.17) is 9.47 Å². The molecule has 0 aromatic heterocycles. The standard InChI is InChI=1S/C15H32NO3/c1-5-6-7-8-9-10-12-18-14-16(3,4)11-13-19-15(2)17/h5-14H2,1-4H3/q+1. The molecule has 114 valence electrons. The van der Waals surface area contributed by atoms with Crippen LogP contribution < -0.4 is 0 Å². The van der Waals surface area contributed by atoms with E-state index in [1.54, 1.807) is 0 Å². The normalized spacial score (nSPS) is 11.6. The summed E-state index contributed by atoms with van der Waals surface area (Å²) in [6.07, 6.45) is 7.72. The first kappa shape index (κ1) is 18.4. The molecule has 0 aromatic carbocycles. The summed E-state index contributed by atoms with van der Waals surface area (Å²) in [4.78, 5) is 10.7. The molecule has 0 aliphatic carbocycles. The molecule has 0 spiro atoms. The van der Waals surface area contributed by atoms with Crippen LogP contribution in [0.1, 0.15) is 52.4 Å². The number of unbranched alkanes of at least 4 members (excludes halogenated alkanes) is 5. The SMILES string of the molecule is CCCCCCCCOC[N+](C)(C)CCOC(C)=O. The van der Waals surface area contributed by atoms with E-state index >= 15 is 0 Å². The zero-order chi connectivity index (χ0) is 14.6. The lowest BCUT2D eigenvalue weighted by molar-refractivity contribution is -0.909. The van der Waals surface area contributed by atoms with Crippen molar-refractivity contribution in [3.8, 4) is 0 Å². The summed E-state index contributed by atoms with van der Waals surface area (Å²) in [7, 11) is 4.18. The molecule has 0 atom stereocenters. The molecule has 0 aliphatic rings. The van der Waals surface area contributed by atoms with Gasteiger partial charge in [0.05, 0.1) is 20.7 Å². The number of carbonyl (C=O) groups is 1. The maximum atomic E-state index is 10.7. The van der Waals surface area contributed by atoms with Crippen LogP contribution in [0, 0.1) is 0 Å².